The van der Waals surface area contributed by atoms with Crippen molar-refractivity contribution >= 4 is 35.3 Å². The molecule has 1 atom stereocenters. The molecule has 0 radical (unpaired) electrons. The lowest BCUT2D eigenvalue weighted by atomic mass is 9.98. The van der Waals surface area contributed by atoms with Crippen LogP contribution in [-0.4, -0.2) is 102 Å². The minimum Gasteiger partial charge on any atom is -0.336 e. The van der Waals surface area contributed by atoms with Gasteiger partial charge >= 0.3 is 12.4 Å². The molecule has 2 aliphatic carbocycles. The van der Waals surface area contributed by atoms with Gasteiger partial charge in [0.2, 0.25) is 11.8 Å². The third kappa shape index (κ3) is 19.0. The van der Waals surface area contributed by atoms with Gasteiger partial charge in [0.25, 0.3) is 11.1 Å². The fourth-order valence-electron chi connectivity index (χ4n) is 9.00. The molecule has 0 saturated heterocycles. The fourth-order valence-corrected chi connectivity index (χ4v) is 10.4. The summed E-state index contributed by atoms with van der Waals surface area (Å²) in [6, 6.07) is 7.53. The molecule has 6 aromatic carbocycles. The highest BCUT2D eigenvalue weighted by molar-refractivity contribution is 7.98. The highest BCUT2D eigenvalue weighted by atomic mass is 32.2. The molecule has 2 heterocycles. The van der Waals surface area contributed by atoms with Crippen molar-refractivity contribution in [3.05, 3.63) is 233 Å². The number of thioether (sulfide) groups is 2. The minimum absolute atomic E-state index is 0.0297. The van der Waals surface area contributed by atoms with E-state index in [9.17, 15) is 55.7 Å². The Morgan fingerprint density at radius 3 is 1.52 bits per heavy atom. The molecule has 8 aromatic rings. The van der Waals surface area contributed by atoms with Crippen molar-refractivity contribution in [2.45, 2.75) is 134 Å². The Hall–Kier alpha value is -7.92. The number of benzene rings is 6. The number of carbonyl (C=O) groups is 2. The van der Waals surface area contributed by atoms with E-state index in [1.165, 1.54) is 24.3 Å². The minimum atomic E-state index is -5.24. The summed E-state index contributed by atoms with van der Waals surface area (Å²) in [6.07, 6.45) is -16.7. The molecule has 508 valence electrons. The molecule has 96 heavy (non-hydrogen) atoms. The zero-order valence-corrected chi connectivity index (χ0v) is 53.0. The van der Waals surface area contributed by atoms with E-state index in [0.29, 0.717) is 32.3 Å². The highest BCUT2D eigenvalue weighted by Crippen LogP contribution is 2.36. The van der Waals surface area contributed by atoms with E-state index in [1.54, 1.807) is 0 Å². The first-order chi connectivity index (χ1) is 59.4. The fraction of sp³-hybridized carbons (Fsp3) is 0.378. The standard InChI is InChI=1S/2C37H40F4N4O2S/c1-4-43(5-2)18-19-44(22-26-6-10-28(11-7-26)29-12-14-30(15-13-29)37(39,40)41)34(46)23-45-33-21-25(3)20-32(33)35(47)42-36(45)48-24-27-8-16-31(38)17-9-27;1-4-43(5-2)19-20-44(22-26-9-13-28(14-10-26)29-15-18-32(25(3)21-29)37(39,40)41)34(46)23-45-33-8-6-7-31(33)35(47)42-36(45)48-24-27-11-16-30(38)17-12-27/h6-17,25H,4-5,18-24H2,1-3H3;9-18,21H,4-8,19-20,22-24H2,1-3H3/i4D2,5D2,18D2,19D2,20D2,21D2,23D2,24D2,25D;4D2,5D2,9D,10D,13D,14D,15D,18D,19D2,20D2,21D,23D2,24D2. The van der Waals surface area contributed by atoms with Gasteiger partial charge in [-0.2, -0.15) is 36.3 Å². The van der Waals surface area contributed by atoms with Crippen LogP contribution >= 0.6 is 23.5 Å². The van der Waals surface area contributed by atoms with Gasteiger partial charge in [0.1, 0.15) is 24.6 Å². The Bertz CT molecular complexity index is 5850. The van der Waals surface area contributed by atoms with Crippen LogP contribution in [0.3, 0.4) is 0 Å². The number of carbonyl (C=O) groups excluding carboxylic acids is 2. The topological polar surface area (TPSA) is 117 Å². The third-order valence-corrected chi connectivity index (χ3v) is 15.3. The van der Waals surface area contributed by atoms with Crippen LogP contribution in [0.2, 0.25) is 0 Å². The van der Waals surface area contributed by atoms with E-state index < -0.39 is 252 Å². The van der Waals surface area contributed by atoms with Gasteiger partial charge in [-0.25, -0.2) is 8.78 Å². The average molecular weight is 1400 g/mol. The highest BCUT2D eigenvalue weighted by Gasteiger charge is 2.34. The van der Waals surface area contributed by atoms with Crippen LogP contribution in [0.1, 0.15) is 152 Å². The molecule has 0 N–H and O–H groups in total. The van der Waals surface area contributed by atoms with Gasteiger partial charge in [-0.1, -0.05) is 155 Å². The molecule has 10 rings (SSSR count). The van der Waals surface area contributed by atoms with Crippen molar-refractivity contribution < 1.29 is 94.1 Å². The van der Waals surface area contributed by atoms with Crippen LogP contribution in [0.25, 0.3) is 22.3 Å². The molecule has 12 nitrogen and oxygen atoms in total. The molecule has 0 saturated carbocycles. The summed E-state index contributed by atoms with van der Waals surface area (Å²) >= 11 is -0.0653. The van der Waals surface area contributed by atoms with Gasteiger partial charge in [0.15, 0.2) is 10.3 Å². The predicted molar refractivity (Wildman–Crippen MR) is 362 cm³/mol. The number of likely N-dealkylation sites (N-methyl/N-ethyl adjacent to an activating group) is 2. The quantitative estimate of drug-likeness (QED) is 0.0295. The average Bonchev–Trinajstić information content (AvgIpc) is 1.51. The number of aromatic nitrogens is 4. The lowest BCUT2D eigenvalue weighted by Gasteiger charge is -2.28. The zero-order valence-electron chi connectivity index (χ0n) is 87.3. The first kappa shape index (κ1) is 38.3. The summed E-state index contributed by atoms with van der Waals surface area (Å²) in [4.78, 5) is 63.9. The summed E-state index contributed by atoms with van der Waals surface area (Å²) in [5.74, 6) is -8.92. The zero-order chi connectivity index (χ0) is 101. The second kappa shape index (κ2) is 32.9. The van der Waals surface area contributed by atoms with Crippen LogP contribution < -0.4 is 11.1 Å². The number of halogens is 8. The molecule has 0 fully saturated rings. The lowest BCUT2D eigenvalue weighted by Crippen LogP contribution is -2.40. The molecule has 1 unspecified atom stereocenters. The Kier molecular flexibility index (Phi) is 13.1. The first-order valence-electron chi connectivity index (χ1n) is 46.4. The molecular weight excluding hydrogens is 1280 g/mol. The van der Waals surface area contributed by atoms with E-state index in [1.807, 2.05) is 0 Å². The van der Waals surface area contributed by atoms with Crippen LogP contribution in [0.4, 0.5) is 35.1 Å². The summed E-state index contributed by atoms with van der Waals surface area (Å²) in [6.45, 7) is -35.3. The van der Waals surface area contributed by atoms with Gasteiger partial charge in [-0.3, -0.25) is 19.2 Å². The van der Waals surface area contributed by atoms with Crippen LogP contribution in [0.15, 0.2) is 159 Å². The Labute approximate surface area is 614 Å². The smallest absolute Gasteiger partial charge is 0.336 e. The number of hydrogen-bond donors (Lipinski definition) is 0. The molecule has 2 amide bonds. The van der Waals surface area contributed by atoms with Crippen molar-refractivity contribution in [3.63, 3.8) is 0 Å². The van der Waals surface area contributed by atoms with Crippen molar-refractivity contribution in [3.8, 4) is 22.3 Å². The maximum Gasteiger partial charge on any atom is 0.416 e. The summed E-state index contributed by atoms with van der Waals surface area (Å²) in [7, 11) is 0. The molecule has 2 aromatic heterocycles. The van der Waals surface area contributed by atoms with Gasteiger partial charge < -0.3 is 28.7 Å². The van der Waals surface area contributed by atoms with Crippen molar-refractivity contribution in [1.29, 1.82) is 0 Å². The lowest BCUT2D eigenvalue weighted by molar-refractivity contribution is -0.138. The number of amides is 2. The molecule has 22 heteroatoms. The van der Waals surface area contributed by atoms with Gasteiger partial charge in [0, 0.05) is 102 Å². The summed E-state index contributed by atoms with van der Waals surface area (Å²) < 4.78 is 426. The molecule has 0 aliphatic heterocycles. The van der Waals surface area contributed by atoms with E-state index in [0.717, 1.165) is 86.6 Å². The molecular formula is C74H80F8N8O4S2. The Balaban J connectivity index is 0.000000297. The van der Waals surface area contributed by atoms with E-state index in [-0.39, 0.29) is 106 Å². The normalized spacial score (nSPS) is 22.7. The number of fused-ring (bicyclic) bond motifs is 2. The maximum atomic E-state index is 15.1. The van der Waals surface area contributed by atoms with Gasteiger partial charge in [-0.05, 0) is 163 Å². The van der Waals surface area contributed by atoms with Crippen molar-refractivity contribution in [2.75, 3.05) is 52.0 Å². The SMILES string of the molecule is [2H]C([2H])(Sc1nc(=O)c2c(n1C([2H])([2H])C(=O)N(Cc1ccc(-c3ccc(C(F)(F)F)cc3)cc1)C([2H])([2H])C([2H])([2H])N(C([2H])([2H])C)C([2H])([2H])C)C([2H])([2H])C([2H])(C)C2([2H])[2H])c1ccc(F)cc1.[2H]c1c([2H])c(-c2c([2H])c([2H])c(C(F)(F)F)c(C)c2[2H])c([2H])c([2H])c1CN(C(=O)C([2H])([2H])n1c(SC([2H])([2H])c2ccc(F)cc2)nc(=O)c2c1CCC2)C([2H])([2H])C([2H])([2H])N(C([2H])([2H])C)C([2H])([2H])C. The van der Waals surface area contributed by atoms with Gasteiger partial charge in [0.05, 0.1) is 31.7 Å². The second-order valence-electron chi connectivity index (χ2n) is 20.3. The maximum absolute atomic E-state index is 15.1. The number of alkyl halides is 6. The molecule has 2 aliphatic rings. The molecule has 0 spiro atoms. The number of hydrogen-bond acceptors (Lipinski definition) is 10. The molecule has 0 bridgehead atoms. The van der Waals surface area contributed by atoms with Crippen molar-refractivity contribution in [1.82, 2.24) is 38.7 Å². The number of nitrogens with zero attached hydrogens (tertiary/aromatic N) is 8. The van der Waals surface area contributed by atoms with Crippen LogP contribution in [0, 0.1) is 24.5 Å². The van der Waals surface area contributed by atoms with Gasteiger partial charge in [-0.15, -0.1) is 0 Å². The first-order valence-corrected chi connectivity index (χ1v) is 30.1. The Morgan fingerprint density at radius 2 is 1.03 bits per heavy atom. The van der Waals surface area contributed by atoms with E-state index >= 15 is 9.59 Å². The van der Waals surface area contributed by atoms with E-state index in [2.05, 4.69) is 9.97 Å². The third-order valence-electron chi connectivity index (χ3n) is 13.8. The summed E-state index contributed by atoms with van der Waals surface area (Å²) in [5.41, 5.74) is -17.8. The van der Waals surface area contributed by atoms with Crippen LogP contribution in [-0.2, 0) is 85.0 Å². The number of rotatable bonds is 26. The second-order valence-corrected chi connectivity index (χ2v) is 21.8. The Morgan fingerprint density at radius 1 is 0.573 bits per heavy atom. The van der Waals surface area contributed by atoms with Crippen molar-refractivity contribution in [2.24, 2.45) is 5.89 Å². The van der Waals surface area contributed by atoms with Crippen LogP contribution in [0.5, 0.6) is 0 Å². The summed E-state index contributed by atoms with van der Waals surface area (Å²) in [5, 5.41) is -2.02. The monoisotopic (exact) mass is 1400 g/mol. The van der Waals surface area contributed by atoms with E-state index in [4.69, 9.17) is 38.4 Å². The largest absolute Gasteiger partial charge is 0.416 e. The predicted octanol–water partition coefficient (Wildman–Crippen LogP) is 15.0.